The number of anilines is 2. The molecule has 1 fully saturated rings. The summed E-state index contributed by atoms with van der Waals surface area (Å²) in [5, 5.41) is 0. The van der Waals surface area contributed by atoms with Gasteiger partial charge >= 0.3 is 0 Å². The van der Waals surface area contributed by atoms with Crippen LogP contribution >= 0.6 is 12.1 Å². The summed E-state index contributed by atoms with van der Waals surface area (Å²) in [6, 6.07) is 13.9. The van der Waals surface area contributed by atoms with E-state index in [1.54, 1.807) is 0 Å². The van der Waals surface area contributed by atoms with Gasteiger partial charge < -0.3 is 9.62 Å². The molecule has 0 atom stereocenters. The summed E-state index contributed by atoms with van der Waals surface area (Å²) in [4.78, 5) is 18.6. The van der Waals surface area contributed by atoms with Gasteiger partial charge in [0.2, 0.25) is 5.91 Å². The van der Waals surface area contributed by atoms with Gasteiger partial charge in [0.25, 0.3) is 0 Å². The SMILES string of the molecule is Cc1ccc(N2CCN(SNc3cccc(C)n3)CC2=O)cc1. The first-order valence-electron chi connectivity index (χ1n) is 7.60. The summed E-state index contributed by atoms with van der Waals surface area (Å²) in [5.41, 5.74) is 3.14. The van der Waals surface area contributed by atoms with Crippen LogP contribution in [0.3, 0.4) is 0 Å². The maximum absolute atomic E-state index is 12.4. The number of carbonyl (C=O) groups is 1. The summed E-state index contributed by atoms with van der Waals surface area (Å²) >= 11 is 1.44. The van der Waals surface area contributed by atoms with Crippen molar-refractivity contribution < 1.29 is 4.79 Å². The smallest absolute Gasteiger partial charge is 0.242 e. The zero-order chi connectivity index (χ0) is 16.2. The van der Waals surface area contributed by atoms with Crippen molar-refractivity contribution in [2.45, 2.75) is 13.8 Å². The van der Waals surface area contributed by atoms with E-state index in [-0.39, 0.29) is 5.91 Å². The third-order valence-corrected chi connectivity index (χ3v) is 4.57. The number of hydrogen-bond donors (Lipinski definition) is 1. The number of aromatic nitrogens is 1. The number of piperazine rings is 1. The maximum atomic E-state index is 12.4. The minimum atomic E-state index is 0.117. The number of carbonyl (C=O) groups excluding carboxylic acids is 1. The molecule has 6 heteroatoms. The van der Waals surface area contributed by atoms with Gasteiger partial charge in [-0.3, -0.25) is 4.79 Å². The second kappa shape index (κ2) is 7.02. The van der Waals surface area contributed by atoms with Crippen molar-refractivity contribution in [1.29, 1.82) is 0 Å². The summed E-state index contributed by atoms with van der Waals surface area (Å²) in [6.45, 7) is 5.89. The number of benzene rings is 1. The molecule has 0 saturated carbocycles. The van der Waals surface area contributed by atoms with Crippen LogP contribution in [0.2, 0.25) is 0 Å². The van der Waals surface area contributed by atoms with E-state index >= 15 is 0 Å². The molecule has 0 spiro atoms. The molecule has 1 aliphatic rings. The quantitative estimate of drug-likeness (QED) is 0.874. The molecular formula is C17H20N4OS. The largest absolute Gasteiger partial charge is 0.310 e. The average Bonchev–Trinajstić information content (AvgIpc) is 2.54. The van der Waals surface area contributed by atoms with Crippen molar-refractivity contribution in [3.63, 3.8) is 0 Å². The Morgan fingerprint density at radius 1 is 1.09 bits per heavy atom. The molecule has 0 aliphatic carbocycles. The minimum Gasteiger partial charge on any atom is -0.310 e. The van der Waals surface area contributed by atoms with E-state index < -0.39 is 0 Å². The summed E-state index contributed by atoms with van der Waals surface area (Å²) in [5.74, 6) is 0.926. The fourth-order valence-corrected chi connectivity index (χ4v) is 3.12. The molecule has 1 aliphatic heterocycles. The first kappa shape index (κ1) is 15.8. The number of nitrogens with one attached hydrogen (secondary N) is 1. The first-order chi connectivity index (χ1) is 11.1. The van der Waals surface area contributed by atoms with Crippen LogP contribution in [0.5, 0.6) is 0 Å². The number of hydrogen-bond acceptors (Lipinski definition) is 5. The first-order valence-corrected chi connectivity index (χ1v) is 8.38. The van der Waals surface area contributed by atoms with Crippen molar-refractivity contribution in [2.24, 2.45) is 0 Å². The van der Waals surface area contributed by atoms with Crippen LogP contribution in [0.1, 0.15) is 11.3 Å². The molecule has 2 aromatic rings. The lowest BCUT2D eigenvalue weighted by Crippen LogP contribution is -2.48. The van der Waals surface area contributed by atoms with Gasteiger partial charge in [-0.25, -0.2) is 9.29 Å². The van der Waals surface area contributed by atoms with E-state index in [1.807, 2.05) is 65.5 Å². The van der Waals surface area contributed by atoms with Crippen molar-refractivity contribution in [3.8, 4) is 0 Å². The van der Waals surface area contributed by atoms with Gasteiger partial charge in [0.15, 0.2) is 0 Å². The molecule has 3 rings (SSSR count). The molecule has 2 heterocycles. The topological polar surface area (TPSA) is 48.5 Å². The number of aryl methyl sites for hydroxylation is 2. The Morgan fingerprint density at radius 2 is 1.87 bits per heavy atom. The Hall–Kier alpha value is -2.05. The molecule has 23 heavy (non-hydrogen) atoms. The van der Waals surface area contributed by atoms with Gasteiger partial charge in [-0.2, -0.15) is 0 Å². The maximum Gasteiger partial charge on any atom is 0.242 e. The second-order valence-electron chi connectivity index (χ2n) is 5.60. The normalized spacial score (nSPS) is 15.7. The van der Waals surface area contributed by atoms with Crippen LogP contribution in [-0.4, -0.2) is 34.8 Å². The molecule has 1 saturated heterocycles. The fraction of sp³-hybridized carbons (Fsp3) is 0.294. The minimum absolute atomic E-state index is 0.117. The van der Waals surface area contributed by atoms with Crippen molar-refractivity contribution in [3.05, 3.63) is 53.7 Å². The molecule has 5 nitrogen and oxygen atoms in total. The molecule has 1 aromatic heterocycles. The van der Waals surface area contributed by atoms with Gasteiger partial charge in [0.1, 0.15) is 5.82 Å². The van der Waals surface area contributed by atoms with Crippen molar-refractivity contribution >= 4 is 29.5 Å². The Kier molecular flexibility index (Phi) is 4.83. The van der Waals surface area contributed by atoms with Crippen LogP contribution in [0, 0.1) is 13.8 Å². The third-order valence-electron chi connectivity index (χ3n) is 3.70. The Balaban J connectivity index is 1.56. The predicted molar refractivity (Wildman–Crippen MR) is 95.3 cm³/mol. The number of nitrogens with zero attached hydrogens (tertiary/aromatic N) is 3. The van der Waals surface area contributed by atoms with E-state index in [0.29, 0.717) is 13.1 Å². The summed E-state index contributed by atoms with van der Waals surface area (Å²) in [6.07, 6.45) is 0. The van der Waals surface area contributed by atoms with Gasteiger partial charge in [0, 0.05) is 36.6 Å². The zero-order valence-corrected chi connectivity index (χ0v) is 14.1. The van der Waals surface area contributed by atoms with E-state index in [2.05, 4.69) is 9.71 Å². The van der Waals surface area contributed by atoms with Gasteiger partial charge in [-0.15, -0.1) is 0 Å². The highest BCUT2D eigenvalue weighted by Gasteiger charge is 2.25. The van der Waals surface area contributed by atoms with Crippen molar-refractivity contribution in [1.82, 2.24) is 9.29 Å². The highest BCUT2D eigenvalue weighted by Crippen LogP contribution is 2.21. The van der Waals surface area contributed by atoms with Crippen LogP contribution in [0.4, 0.5) is 11.5 Å². The lowest BCUT2D eigenvalue weighted by molar-refractivity contribution is -0.119. The summed E-state index contributed by atoms with van der Waals surface area (Å²) in [7, 11) is 0. The van der Waals surface area contributed by atoms with Crippen LogP contribution in [-0.2, 0) is 4.79 Å². The number of pyridine rings is 1. The lowest BCUT2D eigenvalue weighted by atomic mass is 10.2. The van der Waals surface area contributed by atoms with Crippen LogP contribution in [0.15, 0.2) is 42.5 Å². The average molecular weight is 328 g/mol. The second-order valence-corrected chi connectivity index (χ2v) is 6.51. The van der Waals surface area contributed by atoms with E-state index in [1.165, 1.54) is 17.7 Å². The molecule has 120 valence electrons. The predicted octanol–water partition coefficient (Wildman–Crippen LogP) is 3.02. The molecule has 1 amide bonds. The monoisotopic (exact) mass is 328 g/mol. The van der Waals surface area contributed by atoms with Crippen molar-refractivity contribution in [2.75, 3.05) is 29.3 Å². The number of rotatable bonds is 4. The van der Waals surface area contributed by atoms with Crippen LogP contribution < -0.4 is 9.62 Å². The highest BCUT2D eigenvalue weighted by atomic mass is 32.2. The Labute approximate surface area is 141 Å². The number of amides is 1. The van der Waals surface area contributed by atoms with Gasteiger partial charge in [-0.1, -0.05) is 23.8 Å². The highest BCUT2D eigenvalue weighted by molar-refractivity contribution is 7.98. The lowest BCUT2D eigenvalue weighted by Gasteiger charge is -2.33. The molecule has 1 aromatic carbocycles. The third kappa shape index (κ3) is 4.03. The standard InChI is InChI=1S/C17H20N4OS/c1-13-6-8-15(9-7-13)21-11-10-20(12-17(21)22)23-19-16-5-3-4-14(2)18-16/h3-9H,10-12H2,1-2H3,(H,18,19). The molecular weight excluding hydrogens is 308 g/mol. The van der Waals surface area contributed by atoms with E-state index in [0.717, 1.165) is 23.7 Å². The van der Waals surface area contributed by atoms with Gasteiger partial charge in [-0.05, 0) is 38.1 Å². The molecule has 1 N–H and O–H groups in total. The van der Waals surface area contributed by atoms with E-state index in [9.17, 15) is 4.79 Å². The molecule has 0 unspecified atom stereocenters. The van der Waals surface area contributed by atoms with Gasteiger partial charge in [0.05, 0.1) is 6.54 Å². The zero-order valence-electron chi connectivity index (χ0n) is 13.3. The Bertz CT molecular complexity index is 689. The molecule has 0 radical (unpaired) electrons. The fourth-order valence-electron chi connectivity index (χ4n) is 2.44. The van der Waals surface area contributed by atoms with E-state index in [4.69, 9.17) is 0 Å². The van der Waals surface area contributed by atoms with Crippen LogP contribution in [0.25, 0.3) is 0 Å². The Morgan fingerprint density at radius 3 is 2.57 bits per heavy atom. The molecule has 0 bridgehead atoms. The summed E-state index contributed by atoms with van der Waals surface area (Å²) < 4.78 is 5.22.